The van der Waals surface area contributed by atoms with Gasteiger partial charge in [0.15, 0.2) is 11.5 Å². The molecule has 10 nitrogen and oxygen atoms in total. The summed E-state index contributed by atoms with van der Waals surface area (Å²) in [7, 11) is 6.82. The van der Waals surface area contributed by atoms with Crippen LogP contribution in [0.3, 0.4) is 0 Å². The molecule has 0 spiro atoms. The van der Waals surface area contributed by atoms with Gasteiger partial charge in [0, 0.05) is 11.5 Å². The van der Waals surface area contributed by atoms with Gasteiger partial charge in [0.2, 0.25) is 0 Å². The Morgan fingerprint density at radius 3 is 1.78 bits per heavy atom. The Morgan fingerprint density at radius 1 is 0.688 bits per heavy atom. The van der Waals surface area contributed by atoms with Gasteiger partial charge in [0.25, 0.3) is 0 Å². The standard InChI is InChI=1S/C22H21NO9/c1-27-16-10-17(28-2)19(29-3)18-14(16)9-15(23-18)22(26)32-13-7-11(20(24)30-4)6-12(8-13)21(25)31-5/h6-10,23H,1-5H3. The molecule has 32 heavy (non-hydrogen) atoms. The molecule has 0 fully saturated rings. The fourth-order valence-electron chi connectivity index (χ4n) is 3.14. The normalized spacial score (nSPS) is 10.4. The van der Waals surface area contributed by atoms with Gasteiger partial charge in [0.1, 0.15) is 17.2 Å². The maximum absolute atomic E-state index is 12.8. The number of methoxy groups -OCH3 is 5. The van der Waals surface area contributed by atoms with Crippen molar-refractivity contribution in [1.82, 2.24) is 4.98 Å². The van der Waals surface area contributed by atoms with Crippen molar-refractivity contribution in [2.75, 3.05) is 35.5 Å². The fourth-order valence-corrected chi connectivity index (χ4v) is 3.14. The number of carbonyl (C=O) groups excluding carboxylic acids is 3. The number of hydrogen-bond donors (Lipinski definition) is 1. The molecule has 168 valence electrons. The van der Waals surface area contributed by atoms with Crippen LogP contribution in [0.1, 0.15) is 31.2 Å². The lowest BCUT2D eigenvalue weighted by Gasteiger charge is -2.11. The smallest absolute Gasteiger partial charge is 0.360 e. The number of rotatable bonds is 7. The SMILES string of the molecule is COC(=O)c1cc(OC(=O)c2cc3c(OC)cc(OC)c(OC)c3[nH]2)cc(C(=O)OC)c1. The highest BCUT2D eigenvalue weighted by Crippen LogP contribution is 2.41. The lowest BCUT2D eigenvalue weighted by atomic mass is 10.1. The summed E-state index contributed by atoms with van der Waals surface area (Å²) in [6, 6.07) is 7.00. The first-order chi connectivity index (χ1) is 15.4. The molecular formula is C22H21NO9. The average molecular weight is 443 g/mol. The molecule has 0 saturated heterocycles. The zero-order chi connectivity index (χ0) is 23.4. The minimum absolute atomic E-state index is 0.0166. The van der Waals surface area contributed by atoms with Crippen LogP contribution < -0.4 is 18.9 Å². The van der Waals surface area contributed by atoms with E-state index in [2.05, 4.69) is 14.5 Å². The maximum Gasteiger partial charge on any atom is 0.360 e. The number of aromatic nitrogens is 1. The number of carbonyl (C=O) groups is 3. The van der Waals surface area contributed by atoms with Crippen LogP contribution in [0.15, 0.2) is 30.3 Å². The summed E-state index contributed by atoms with van der Waals surface area (Å²) in [4.78, 5) is 39.7. The van der Waals surface area contributed by atoms with E-state index < -0.39 is 17.9 Å². The van der Waals surface area contributed by atoms with Crippen molar-refractivity contribution in [2.45, 2.75) is 0 Å². The molecule has 1 heterocycles. The molecule has 3 rings (SSSR count). The second-order valence-electron chi connectivity index (χ2n) is 6.40. The monoisotopic (exact) mass is 443 g/mol. The van der Waals surface area contributed by atoms with E-state index in [-0.39, 0.29) is 22.6 Å². The number of benzene rings is 2. The summed E-state index contributed by atoms with van der Waals surface area (Å²) in [5, 5.41) is 0.565. The van der Waals surface area contributed by atoms with Gasteiger partial charge in [-0.3, -0.25) is 0 Å². The van der Waals surface area contributed by atoms with Crippen molar-refractivity contribution in [3.63, 3.8) is 0 Å². The summed E-state index contributed by atoms with van der Waals surface area (Å²) in [6.45, 7) is 0. The third kappa shape index (κ3) is 4.15. The predicted molar refractivity (Wildman–Crippen MR) is 112 cm³/mol. The quantitative estimate of drug-likeness (QED) is 0.434. The van der Waals surface area contributed by atoms with Crippen LogP contribution in [0.5, 0.6) is 23.0 Å². The minimum Gasteiger partial charge on any atom is -0.496 e. The second kappa shape index (κ2) is 9.29. The second-order valence-corrected chi connectivity index (χ2v) is 6.40. The van der Waals surface area contributed by atoms with Crippen LogP contribution in [-0.4, -0.2) is 58.4 Å². The lowest BCUT2D eigenvalue weighted by molar-refractivity contribution is 0.0593. The first-order valence-corrected chi connectivity index (χ1v) is 9.22. The van der Waals surface area contributed by atoms with E-state index in [1.807, 2.05) is 0 Å². The number of nitrogens with one attached hydrogen (secondary N) is 1. The predicted octanol–water partition coefficient (Wildman–Crippen LogP) is 2.99. The zero-order valence-electron chi connectivity index (χ0n) is 18.1. The molecule has 0 atom stereocenters. The van der Waals surface area contributed by atoms with Gasteiger partial charge in [0.05, 0.1) is 52.2 Å². The van der Waals surface area contributed by atoms with E-state index in [1.165, 1.54) is 59.8 Å². The summed E-state index contributed by atoms with van der Waals surface area (Å²) >= 11 is 0. The van der Waals surface area contributed by atoms with Crippen molar-refractivity contribution in [1.29, 1.82) is 0 Å². The summed E-state index contributed by atoms with van der Waals surface area (Å²) in [5.74, 6) is -1.00. The van der Waals surface area contributed by atoms with E-state index in [0.29, 0.717) is 28.2 Å². The molecule has 0 aliphatic carbocycles. The van der Waals surface area contributed by atoms with E-state index in [1.54, 1.807) is 6.07 Å². The van der Waals surface area contributed by atoms with E-state index in [9.17, 15) is 14.4 Å². The first-order valence-electron chi connectivity index (χ1n) is 9.22. The molecule has 1 aromatic heterocycles. The van der Waals surface area contributed by atoms with Crippen LogP contribution in [-0.2, 0) is 9.47 Å². The van der Waals surface area contributed by atoms with Crippen molar-refractivity contribution in [3.8, 4) is 23.0 Å². The molecule has 0 amide bonds. The highest BCUT2D eigenvalue weighted by atomic mass is 16.5. The lowest BCUT2D eigenvalue weighted by Crippen LogP contribution is -2.12. The third-order valence-corrected chi connectivity index (χ3v) is 4.62. The maximum atomic E-state index is 12.8. The first kappa shape index (κ1) is 22.5. The van der Waals surface area contributed by atoms with Gasteiger partial charge in [-0.1, -0.05) is 0 Å². The molecule has 0 bridgehead atoms. The van der Waals surface area contributed by atoms with E-state index in [0.717, 1.165) is 0 Å². The molecule has 2 aromatic carbocycles. The van der Waals surface area contributed by atoms with E-state index >= 15 is 0 Å². The van der Waals surface area contributed by atoms with Crippen LogP contribution in [0, 0.1) is 0 Å². The zero-order valence-corrected chi connectivity index (χ0v) is 18.1. The Morgan fingerprint density at radius 2 is 1.28 bits per heavy atom. The number of ether oxygens (including phenoxy) is 6. The molecule has 0 aliphatic rings. The highest BCUT2D eigenvalue weighted by molar-refractivity contribution is 6.01. The Labute approximate surface area is 182 Å². The topological polar surface area (TPSA) is 122 Å². The van der Waals surface area contributed by atoms with Gasteiger partial charge >= 0.3 is 17.9 Å². The minimum atomic E-state index is -0.776. The van der Waals surface area contributed by atoms with Crippen LogP contribution >= 0.6 is 0 Å². The number of H-pyrrole nitrogens is 1. The number of aromatic amines is 1. The molecule has 0 saturated carbocycles. The highest BCUT2D eigenvalue weighted by Gasteiger charge is 2.22. The molecule has 0 aliphatic heterocycles. The third-order valence-electron chi connectivity index (χ3n) is 4.62. The Kier molecular flexibility index (Phi) is 6.53. The Hall–Kier alpha value is -4.21. The number of fused-ring (bicyclic) bond motifs is 1. The largest absolute Gasteiger partial charge is 0.496 e. The van der Waals surface area contributed by atoms with Crippen LogP contribution in [0.25, 0.3) is 10.9 Å². The molecule has 0 radical (unpaired) electrons. The molecular weight excluding hydrogens is 422 g/mol. The van der Waals surface area contributed by atoms with Crippen LogP contribution in [0.4, 0.5) is 0 Å². The van der Waals surface area contributed by atoms with Gasteiger partial charge in [-0.15, -0.1) is 0 Å². The summed E-state index contributed by atoms with van der Waals surface area (Å²) in [6.07, 6.45) is 0. The molecule has 0 unspecified atom stereocenters. The Bertz CT molecular complexity index is 1160. The van der Waals surface area contributed by atoms with Crippen molar-refractivity contribution in [3.05, 3.63) is 47.2 Å². The summed E-state index contributed by atoms with van der Waals surface area (Å²) in [5.41, 5.74) is 0.577. The fraction of sp³-hybridized carbons (Fsp3) is 0.227. The summed E-state index contributed by atoms with van der Waals surface area (Å²) < 4.78 is 30.9. The van der Waals surface area contributed by atoms with E-state index in [4.69, 9.17) is 18.9 Å². The molecule has 3 aromatic rings. The van der Waals surface area contributed by atoms with Gasteiger partial charge in [-0.2, -0.15) is 0 Å². The van der Waals surface area contributed by atoms with Crippen molar-refractivity contribution < 1.29 is 42.8 Å². The van der Waals surface area contributed by atoms with Gasteiger partial charge < -0.3 is 33.4 Å². The van der Waals surface area contributed by atoms with Crippen molar-refractivity contribution >= 4 is 28.8 Å². The number of esters is 3. The average Bonchev–Trinajstić information content (AvgIpc) is 3.27. The molecule has 1 N–H and O–H groups in total. The molecule has 10 heteroatoms. The number of hydrogen-bond acceptors (Lipinski definition) is 9. The Balaban J connectivity index is 2.03. The van der Waals surface area contributed by atoms with Crippen molar-refractivity contribution in [2.24, 2.45) is 0 Å². The van der Waals surface area contributed by atoms with Gasteiger partial charge in [-0.05, 0) is 24.3 Å². The van der Waals surface area contributed by atoms with Crippen LogP contribution in [0.2, 0.25) is 0 Å². The van der Waals surface area contributed by atoms with Gasteiger partial charge in [-0.25, -0.2) is 14.4 Å².